The third-order valence-corrected chi connectivity index (χ3v) is 9.32. The first-order chi connectivity index (χ1) is 19.6. The summed E-state index contributed by atoms with van der Waals surface area (Å²) in [4.78, 5) is 68.5. The lowest BCUT2D eigenvalue weighted by Gasteiger charge is -2.36. The number of nitrogens with one attached hydrogen (secondary N) is 3. The molecule has 0 radical (unpaired) electrons. The van der Waals surface area contributed by atoms with E-state index in [4.69, 9.17) is 9.47 Å². The van der Waals surface area contributed by atoms with Gasteiger partial charge >= 0.3 is 12.2 Å². The molecule has 5 atom stereocenters. The fraction of sp³-hybridized carbons (Fsp3) is 0.750. The highest BCUT2D eigenvalue weighted by molar-refractivity contribution is 7.91. The number of alkyl carbamates (subject to hydrolysis) is 1. The minimum atomic E-state index is -3.89. The maximum Gasteiger partial charge on any atom is 0.409 e. The van der Waals surface area contributed by atoms with E-state index in [-0.39, 0.29) is 19.4 Å². The molecule has 2 saturated carbocycles. The first-order valence-electron chi connectivity index (χ1n) is 14.3. The van der Waals surface area contributed by atoms with E-state index in [2.05, 4.69) is 21.9 Å². The second-order valence-electron chi connectivity index (χ2n) is 13.8. The van der Waals surface area contributed by atoms with Gasteiger partial charge in [-0.2, -0.15) is 0 Å². The molecule has 1 heterocycles. The molecule has 3 N–H and O–H groups in total. The van der Waals surface area contributed by atoms with Gasteiger partial charge in [-0.15, -0.1) is 6.58 Å². The molecule has 1 aliphatic heterocycles. The smallest absolute Gasteiger partial charge is 0.409 e. The molecule has 0 aromatic heterocycles. The van der Waals surface area contributed by atoms with Crippen LogP contribution in [0, 0.1) is 11.3 Å². The molecule has 5 amide bonds. The molecule has 0 spiro atoms. The normalized spacial score (nSPS) is 26.0. The molecule has 0 aromatic carbocycles. The second-order valence-corrected chi connectivity index (χ2v) is 15.7. The maximum atomic E-state index is 14.0. The van der Waals surface area contributed by atoms with Crippen LogP contribution in [0.25, 0.3) is 0 Å². The van der Waals surface area contributed by atoms with E-state index in [9.17, 15) is 32.4 Å². The summed E-state index contributed by atoms with van der Waals surface area (Å²) in [5.74, 6) is -2.75. The number of carbonyl (C=O) groups is 5. The average molecular weight is 628 g/mol. The highest BCUT2D eigenvalue weighted by Gasteiger charge is 2.62. The van der Waals surface area contributed by atoms with E-state index in [0.29, 0.717) is 12.8 Å². The van der Waals surface area contributed by atoms with Gasteiger partial charge in [0, 0.05) is 26.4 Å². The van der Waals surface area contributed by atoms with Crippen molar-refractivity contribution in [2.75, 3.05) is 20.6 Å². The van der Waals surface area contributed by atoms with Crippen LogP contribution in [0.1, 0.15) is 67.2 Å². The van der Waals surface area contributed by atoms with Crippen LogP contribution in [0.5, 0.6) is 0 Å². The Balaban J connectivity index is 1.88. The summed E-state index contributed by atoms with van der Waals surface area (Å²) in [5, 5.41) is 4.65. The summed E-state index contributed by atoms with van der Waals surface area (Å²) in [6.07, 6.45) is 0.0328. The number of amides is 5. The van der Waals surface area contributed by atoms with Crippen LogP contribution in [-0.2, 0) is 33.9 Å². The van der Waals surface area contributed by atoms with Crippen LogP contribution in [0.15, 0.2) is 12.7 Å². The Kier molecular flexibility index (Phi) is 9.50. The summed E-state index contributed by atoms with van der Waals surface area (Å²) in [5.41, 5.74) is -3.22. The summed E-state index contributed by atoms with van der Waals surface area (Å²) >= 11 is 0. The number of ether oxygens (including phenoxy) is 2. The Morgan fingerprint density at radius 3 is 2.14 bits per heavy atom. The topological polar surface area (TPSA) is 181 Å². The minimum Gasteiger partial charge on any atom is -0.444 e. The monoisotopic (exact) mass is 627 g/mol. The van der Waals surface area contributed by atoms with E-state index in [1.54, 1.807) is 41.5 Å². The summed E-state index contributed by atoms with van der Waals surface area (Å²) in [7, 11) is -0.904. The van der Waals surface area contributed by atoms with E-state index in [1.165, 1.54) is 30.0 Å². The predicted molar refractivity (Wildman–Crippen MR) is 156 cm³/mol. The van der Waals surface area contributed by atoms with Gasteiger partial charge in [0.15, 0.2) is 0 Å². The van der Waals surface area contributed by atoms with E-state index >= 15 is 0 Å². The lowest BCUT2D eigenvalue weighted by atomic mass is 9.85. The van der Waals surface area contributed by atoms with Gasteiger partial charge in [0.25, 0.3) is 5.91 Å². The molecule has 1 saturated heterocycles. The average Bonchev–Trinajstić information content (AvgIpc) is 3.77. The lowest BCUT2D eigenvalue weighted by Crippen LogP contribution is -2.60. The van der Waals surface area contributed by atoms with Crippen molar-refractivity contribution < 1.29 is 41.9 Å². The molecule has 0 aromatic rings. The Morgan fingerprint density at radius 1 is 1.07 bits per heavy atom. The molecule has 15 heteroatoms. The number of rotatable bonds is 9. The van der Waals surface area contributed by atoms with Gasteiger partial charge in [0.05, 0.1) is 11.8 Å². The van der Waals surface area contributed by atoms with Crippen molar-refractivity contribution in [1.82, 2.24) is 25.2 Å². The molecule has 3 fully saturated rings. The highest BCUT2D eigenvalue weighted by atomic mass is 32.2. The fourth-order valence-corrected chi connectivity index (χ4v) is 6.25. The molecule has 3 rings (SSSR count). The molecule has 3 aliphatic rings. The van der Waals surface area contributed by atoms with E-state index in [0.717, 1.165) is 0 Å². The van der Waals surface area contributed by atoms with Crippen molar-refractivity contribution in [2.24, 2.45) is 11.3 Å². The van der Waals surface area contributed by atoms with Crippen molar-refractivity contribution in [3.8, 4) is 0 Å². The van der Waals surface area contributed by atoms with Crippen LogP contribution in [0.3, 0.4) is 0 Å². The van der Waals surface area contributed by atoms with Gasteiger partial charge < -0.3 is 29.9 Å². The lowest BCUT2D eigenvalue weighted by molar-refractivity contribution is -0.143. The second kappa shape index (κ2) is 12.0. The van der Waals surface area contributed by atoms with Gasteiger partial charge in [-0.05, 0) is 45.4 Å². The number of carbonyl (C=O) groups excluding carboxylic acids is 5. The number of hydrogen-bond acceptors (Lipinski definition) is 9. The Bertz CT molecular complexity index is 1270. The van der Waals surface area contributed by atoms with Crippen molar-refractivity contribution in [3.05, 3.63) is 12.7 Å². The predicted octanol–water partition coefficient (Wildman–Crippen LogP) is 1.26. The zero-order chi connectivity index (χ0) is 32.7. The number of nitrogens with zero attached hydrogens (tertiary/aromatic N) is 2. The van der Waals surface area contributed by atoms with Crippen molar-refractivity contribution in [2.45, 2.75) is 102 Å². The van der Waals surface area contributed by atoms with Crippen molar-refractivity contribution in [1.29, 1.82) is 0 Å². The molecule has 2 aliphatic carbocycles. The van der Waals surface area contributed by atoms with Gasteiger partial charge in [-0.1, -0.05) is 26.8 Å². The molecular formula is C28H45N5O9S. The molecule has 43 heavy (non-hydrogen) atoms. The standard InChI is InChI=1S/C28H45N5O9S/c1-10-16-14-28(16,23(36)31-43(39,40)18-11-12-18)30-21(34)19-13-17(41-25(38)32(8)9)15-33(19)22(35)20(26(2,3)4)29-24(37)42-27(5,6)7/h10,16-20H,1,11-15H2,2-9H3,(H,29,37)(H,30,34)(H,31,36)/t16?,17-,19+,20-,28-/m1/s1. The number of likely N-dealkylation sites (tertiary alicyclic amines) is 1. The SMILES string of the molecule is C=CC1C[C@]1(NC(=O)[C@@H]1C[C@@H](OC(=O)N(C)C)CN1C(=O)[C@@H](NC(=O)OC(C)(C)C)C(C)(C)C)C(=O)NS(=O)(=O)C1CC1. The molecule has 14 nitrogen and oxygen atoms in total. The maximum absolute atomic E-state index is 14.0. The Hall–Kier alpha value is -3.36. The fourth-order valence-electron chi connectivity index (χ4n) is 4.88. The highest BCUT2D eigenvalue weighted by Crippen LogP contribution is 2.45. The van der Waals surface area contributed by atoms with E-state index < -0.39 is 85.8 Å². The zero-order valence-electron chi connectivity index (χ0n) is 26.2. The van der Waals surface area contributed by atoms with Crippen LogP contribution in [0.4, 0.5) is 9.59 Å². The van der Waals surface area contributed by atoms with E-state index in [1.807, 2.05) is 0 Å². The van der Waals surface area contributed by atoms with Crippen LogP contribution < -0.4 is 15.4 Å². The first-order valence-corrected chi connectivity index (χ1v) is 15.8. The third kappa shape index (κ3) is 8.18. The molecule has 242 valence electrons. The zero-order valence-corrected chi connectivity index (χ0v) is 27.0. The Labute approximate surface area is 253 Å². The molecular weight excluding hydrogens is 582 g/mol. The molecule has 1 unspecified atom stereocenters. The summed E-state index contributed by atoms with van der Waals surface area (Å²) in [6.45, 7) is 13.8. The van der Waals surface area contributed by atoms with Crippen LogP contribution in [-0.4, -0.2) is 103 Å². The van der Waals surface area contributed by atoms with Gasteiger partial charge in [0.1, 0.15) is 29.3 Å². The third-order valence-electron chi connectivity index (χ3n) is 7.50. The van der Waals surface area contributed by atoms with Crippen molar-refractivity contribution >= 4 is 39.9 Å². The number of hydrogen-bond donors (Lipinski definition) is 3. The van der Waals surface area contributed by atoms with Gasteiger partial charge in [-0.3, -0.25) is 19.1 Å². The van der Waals surface area contributed by atoms with Gasteiger partial charge in [-0.25, -0.2) is 18.0 Å². The van der Waals surface area contributed by atoms with Crippen LogP contribution in [0.2, 0.25) is 0 Å². The largest absolute Gasteiger partial charge is 0.444 e. The van der Waals surface area contributed by atoms with Gasteiger partial charge in [0.2, 0.25) is 21.8 Å². The summed E-state index contributed by atoms with van der Waals surface area (Å²) in [6, 6.07) is -2.34. The summed E-state index contributed by atoms with van der Waals surface area (Å²) < 4.78 is 37.9. The van der Waals surface area contributed by atoms with Crippen molar-refractivity contribution in [3.63, 3.8) is 0 Å². The first kappa shape index (κ1) is 34.1. The van der Waals surface area contributed by atoms with Crippen LogP contribution >= 0.6 is 0 Å². The minimum absolute atomic E-state index is 0.0860. The Morgan fingerprint density at radius 2 is 1.67 bits per heavy atom. The molecule has 0 bridgehead atoms. The quantitative estimate of drug-likeness (QED) is 0.317. The number of sulfonamides is 1.